The van der Waals surface area contributed by atoms with Crippen LogP contribution in [-0.4, -0.2) is 37.9 Å². The maximum absolute atomic E-state index is 9.37. The largest absolute Gasteiger partial charge is 0.395 e. The zero-order valence-corrected chi connectivity index (χ0v) is 12.0. The highest BCUT2D eigenvalue weighted by atomic mass is 16.3. The summed E-state index contributed by atoms with van der Waals surface area (Å²) in [7, 11) is 2.08. The summed E-state index contributed by atoms with van der Waals surface area (Å²) in [6.07, 6.45) is 1.09. The third-order valence-corrected chi connectivity index (χ3v) is 3.16. The average molecular weight is 250 g/mol. The SMILES string of the molecule is CCCNC(CO)CN(C)c1ccc(C)cc1C. The first-order valence-corrected chi connectivity index (χ1v) is 6.71. The lowest BCUT2D eigenvalue weighted by molar-refractivity contribution is 0.245. The Hall–Kier alpha value is -1.06. The van der Waals surface area contributed by atoms with E-state index in [0.29, 0.717) is 0 Å². The average Bonchev–Trinajstić information content (AvgIpc) is 2.34. The predicted octanol–water partition coefficient (Wildman–Crippen LogP) is 2.10. The van der Waals surface area contributed by atoms with Crippen LogP contribution in [0.3, 0.4) is 0 Å². The summed E-state index contributed by atoms with van der Waals surface area (Å²) < 4.78 is 0. The van der Waals surface area contributed by atoms with Crippen LogP contribution in [0.25, 0.3) is 0 Å². The predicted molar refractivity (Wildman–Crippen MR) is 78.4 cm³/mol. The van der Waals surface area contributed by atoms with E-state index in [4.69, 9.17) is 0 Å². The normalized spacial score (nSPS) is 12.5. The van der Waals surface area contributed by atoms with Crippen molar-refractivity contribution in [3.05, 3.63) is 29.3 Å². The number of benzene rings is 1. The number of hydrogen-bond donors (Lipinski definition) is 2. The molecule has 2 N–H and O–H groups in total. The number of aryl methyl sites for hydroxylation is 2. The standard InChI is InChI=1S/C15H26N2O/c1-5-8-16-14(11-18)10-17(4)15-7-6-12(2)9-13(15)3/h6-7,9,14,16,18H,5,8,10-11H2,1-4H3. The molecule has 0 aromatic heterocycles. The molecular weight excluding hydrogens is 224 g/mol. The smallest absolute Gasteiger partial charge is 0.0601 e. The highest BCUT2D eigenvalue weighted by Gasteiger charge is 2.11. The van der Waals surface area contributed by atoms with E-state index >= 15 is 0 Å². The van der Waals surface area contributed by atoms with Crippen molar-refractivity contribution in [2.75, 3.05) is 31.6 Å². The van der Waals surface area contributed by atoms with Crippen LogP contribution in [-0.2, 0) is 0 Å². The topological polar surface area (TPSA) is 35.5 Å². The first kappa shape index (κ1) is 15.0. The van der Waals surface area contributed by atoms with E-state index in [9.17, 15) is 5.11 Å². The van der Waals surface area contributed by atoms with Crippen LogP contribution < -0.4 is 10.2 Å². The van der Waals surface area contributed by atoms with Gasteiger partial charge in [-0.05, 0) is 38.4 Å². The number of nitrogens with one attached hydrogen (secondary N) is 1. The van der Waals surface area contributed by atoms with Crippen molar-refractivity contribution >= 4 is 5.69 Å². The molecule has 3 nitrogen and oxygen atoms in total. The van der Waals surface area contributed by atoms with Crippen molar-refractivity contribution in [2.45, 2.75) is 33.2 Å². The second-order valence-electron chi connectivity index (χ2n) is 5.00. The number of nitrogens with zero attached hydrogens (tertiary/aromatic N) is 1. The fourth-order valence-electron chi connectivity index (χ4n) is 2.20. The van der Waals surface area contributed by atoms with Gasteiger partial charge in [0, 0.05) is 25.3 Å². The van der Waals surface area contributed by atoms with Crippen molar-refractivity contribution in [1.29, 1.82) is 0 Å². The zero-order valence-electron chi connectivity index (χ0n) is 12.0. The molecule has 0 saturated carbocycles. The third kappa shape index (κ3) is 4.31. The zero-order chi connectivity index (χ0) is 13.5. The van der Waals surface area contributed by atoms with E-state index in [2.05, 4.69) is 56.2 Å². The summed E-state index contributed by atoms with van der Waals surface area (Å²) in [5.74, 6) is 0. The quantitative estimate of drug-likeness (QED) is 0.778. The molecular formula is C15H26N2O. The van der Waals surface area contributed by atoms with Crippen molar-refractivity contribution in [3.8, 4) is 0 Å². The van der Waals surface area contributed by atoms with Gasteiger partial charge in [-0.3, -0.25) is 0 Å². The first-order chi connectivity index (χ1) is 8.58. The Bertz CT molecular complexity index is 366. The molecule has 0 fully saturated rings. The van der Waals surface area contributed by atoms with Gasteiger partial charge in [-0.15, -0.1) is 0 Å². The van der Waals surface area contributed by atoms with Crippen molar-refractivity contribution in [3.63, 3.8) is 0 Å². The van der Waals surface area contributed by atoms with Crippen molar-refractivity contribution < 1.29 is 5.11 Å². The van der Waals surface area contributed by atoms with Gasteiger partial charge in [-0.25, -0.2) is 0 Å². The van der Waals surface area contributed by atoms with Gasteiger partial charge in [0.05, 0.1) is 6.61 Å². The Morgan fingerprint density at radius 1 is 1.33 bits per heavy atom. The highest BCUT2D eigenvalue weighted by Crippen LogP contribution is 2.19. The Morgan fingerprint density at radius 3 is 2.61 bits per heavy atom. The van der Waals surface area contributed by atoms with Gasteiger partial charge in [-0.2, -0.15) is 0 Å². The fourth-order valence-corrected chi connectivity index (χ4v) is 2.20. The minimum atomic E-state index is 0.135. The van der Waals surface area contributed by atoms with Gasteiger partial charge >= 0.3 is 0 Å². The molecule has 1 aromatic carbocycles. The summed E-state index contributed by atoms with van der Waals surface area (Å²) in [4.78, 5) is 2.21. The van der Waals surface area contributed by atoms with E-state index in [1.807, 2.05) is 0 Å². The summed E-state index contributed by atoms with van der Waals surface area (Å²) in [6.45, 7) is 8.32. The minimum Gasteiger partial charge on any atom is -0.395 e. The number of aliphatic hydroxyl groups excluding tert-OH is 1. The van der Waals surface area contributed by atoms with Gasteiger partial charge < -0.3 is 15.3 Å². The third-order valence-electron chi connectivity index (χ3n) is 3.16. The molecule has 0 aliphatic carbocycles. The molecule has 0 spiro atoms. The van der Waals surface area contributed by atoms with Crippen LogP contribution in [0.1, 0.15) is 24.5 Å². The molecule has 0 aliphatic rings. The van der Waals surface area contributed by atoms with Gasteiger partial charge in [0.2, 0.25) is 0 Å². The molecule has 1 aromatic rings. The van der Waals surface area contributed by atoms with Crippen molar-refractivity contribution in [1.82, 2.24) is 5.32 Å². The summed E-state index contributed by atoms with van der Waals surface area (Å²) in [5, 5.41) is 12.7. The van der Waals surface area contributed by atoms with Crippen LogP contribution in [0.4, 0.5) is 5.69 Å². The lowest BCUT2D eigenvalue weighted by atomic mass is 10.1. The molecule has 0 aliphatic heterocycles. The lowest BCUT2D eigenvalue weighted by Gasteiger charge is -2.27. The number of aliphatic hydroxyl groups is 1. The van der Waals surface area contributed by atoms with Crippen LogP contribution in [0.2, 0.25) is 0 Å². The summed E-state index contributed by atoms with van der Waals surface area (Å²) >= 11 is 0. The van der Waals surface area contributed by atoms with Crippen molar-refractivity contribution in [2.24, 2.45) is 0 Å². The van der Waals surface area contributed by atoms with E-state index in [1.165, 1.54) is 16.8 Å². The fraction of sp³-hybridized carbons (Fsp3) is 0.600. The van der Waals surface area contributed by atoms with Crippen LogP contribution in [0.15, 0.2) is 18.2 Å². The second-order valence-corrected chi connectivity index (χ2v) is 5.00. The first-order valence-electron chi connectivity index (χ1n) is 6.71. The Labute approximate surface area is 111 Å². The van der Waals surface area contributed by atoms with Crippen LogP contribution in [0, 0.1) is 13.8 Å². The van der Waals surface area contributed by atoms with E-state index < -0.39 is 0 Å². The molecule has 3 heteroatoms. The number of likely N-dealkylation sites (N-methyl/N-ethyl adjacent to an activating group) is 1. The summed E-state index contributed by atoms with van der Waals surface area (Å²) in [6, 6.07) is 6.61. The molecule has 1 rings (SSSR count). The molecule has 0 radical (unpaired) electrons. The molecule has 0 saturated heterocycles. The van der Waals surface area contributed by atoms with Crippen LogP contribution in [0.5, 0.6) is 0 Å². The van der Waals surface area contributed by atoms with Gasteiger partial charge in [0.25, 0.3) is 0 Å². The maximum atomic E-state index is 9.37. The number of anilines is 1. The van der Waals surface area contributed by atoms with Gasteiger partial charge in [0.15, 0.2) is 0 Å². The molecule has 0 bridgehead atoms. The second kappa shape index (κ2) is 7.39. The monoisotopic (exact) mass is 250 g/mol. The molecule has 102 valence electrons. The number of hydrogen-bond acceptors (Lipinski definition) is 3. The van der Waals surface area contributed by atoms with E-state index in [0.717, 1.165) is 19.5 Å². The molecule has 1 atom stereocenters. The Kier molecular flexibility index (Phi) is 6.16. The Balaban J connectivity index is 2.65. The van der Waals surface area contributed by atoms with Gasteiger partial charge in [-0.1, -0.05) is 24.6 Å². The minimum absolute atomic E-state index is 0.135. The number of rotatable bonds is 7. The highest BCUT2D eigenvalue weighted by molar-refractivity contribution is 5.53. The molecule has 0 amide bonds. The summed E-state index contributed by atoms with van der Waals surface area (Å²) in [5.41, 5.74) is 3.80. The van der Waals surface area contributed by atoms with E-state index in [-0.39, 0.29) is 12.6 Å². The molecule has 0 heterocycles. The van der Waals surface area contributed by atoms with Gasteiger partial charge in [0.1, 0.15) is 0 Å². The maximum Gasteiger partial charge on any atom is 0.0601 e. The lowest BCUT2D eigenvalue weighted by Crippen LogP contribution is -2.42. The Morgan fingerprint density at radius 2 is 2.06 bits per heavy atom. The van der Waals surface area contributed by atoms with Crippen LogP contribution >= 0.6 is 0 Å². The molecule has 18 heavy (non-hydrogen) atoms. The molecule has 1 unspecified atom stereocenters. The van der Waals surface area contributed by atoms with E-state index in [1.54, 1.807) is 0 Å².